The molecule has 0 spiro atoms. The summed E-state index contributed by atoms with van der Waals surface area (Å²) < 4.78 is 15.6. The Bertz CT molecular complexity index is 762. The second kappa shape index (κ2) is 10.7. The summed E-state index contributed by atoms with van der Waals surface area (Å²) in [5, 5.41) is 5.72. The Hall–Kier alpha value is -2.53. The van der Waals surface area contributed by atoms with Gasteiger partial charge in [0.1, 0.15) is 0 Å². The number of imide groups is 1. The molecule has 1 atom stereocenters. The van der Waals surface area contributed by atoms with Gasteiger partial charge in [-0.2, -0.15) is 0 Å². The molecule has 0 aromatic heterocycles. The molecule has 31 heavy (non-hydrogen) atoms. The highest BCUT2D eigenvalue weighted by atomic mass is 16.8. The van der Waals surface area contributed by atoms with Crippen molar-refractivity contribution < 1.29 is 31.6 Å². The average Bonchev–Trinajstić information content (AvgIpc) is 3.05. The molecule has 0 aromatic rings. The second-order valence-electron chi connectivity index (χ2n) is 8.39. The van der Waals surface area contributed by atoms with Gasteiger partial charge in [0.15, 0.2) is 0 Å². The van der Waals surface area contributed by atoms with Gasteiger partial charge in [0.25, 0.3) is 11.8 Å². The lowest BCUT2D eigenvalue weighted by Gasteiger charge is -2.45. The average molecular weight is 447 g/mol. The van der Waals surface area contributed by atoms with E-state index in [0.717, 1.165) is 6.54 Å². The number of piperazine rings is 1. The van der Waals surface area contributed by atoms with Gasteiger partial charge in [-0.05, 0) is 27.9 Å². The highest BCUT2D eigenvalue weighted by molar-refractivity contribution is 6.01. The molecular weight excluding hydrogens is 412 g/mol. The summed E-state index contributed by atoms with van der Waals surface area (Å²) in [5.74, 6) is -2.60. The number of rotatable bonds is 9. The van der Waals surface area contributed by atoms with E-state index in [1.54, 1.807) is 18.7 Å². The van der Waals surface area contributed by atoms with Crippen molar-refractivity contribution in [2.24, 2.45) is 5.41 Å². The normalized spacial score (nSPS) is 21.7. The van der Waals surface area contributed by atoms with E-state index in [-0.39, 0.29) is 56.6 Å². The zero-order chi connectivity index (χ0) is 24.8. The van der Waals surface area contributed by atoms with Crippen LogP contribution in [0.4, 0.5) is 0 Å². The quantitative estimate of drug-likeness (QED) is 0.258. The summed E-state index contributed by atoms with van der Waals surface area (Å²) in [5.41, 5.74) is -0.875. The van der Waals surface area contributed by atoms with Crippen molar-refractivity contribution in [1.29, 1.82) is 0 Å². The largest absolute Gasteiger partial charge is 0.355 e. The third-order valence-electron chi connectivity index (χ3n) is 5.53. The number of hydrogen-bond donors (Lipinski definition) is 2. The lowest BCUT2D eigenvalue weighted by Crippen LogP contribution is -2.60. The number of amides is 4. The van der Waals surface area contributed by atoms with Gasteiger partial charge in [-0.1, -0.05) is 0 Å². The molecule has 11 nitrogen and oxygen atoms in total. The summed E-state index contributed by atoms with van der Waals surface area (Å²) in [4.78, 5) is 67.8. The van der Waals surface area contributed by atoms with Crippen LogP contribution in [0.15, 0.2) is 0 Å². The first kappa shape index (κ1) is 21.7. The zero-order valence-electron chi connectivity index (χ0n) is 20.3. The summed E-state index contributed by atoms with van der Waals surface area (Å²) in [7, 11) is 1.93. The number of hydrogen-bond acceptors (Lipinski definition) is 8. The molecule has 0 aliphatic carbocycles. The van der Waals surface area contributed by atoms with Crippen LogP contribution in [0, 0.1) is 5.41 Å². The van der Waals surface area contributed by atoms with Crippen molar-refractivity contribution in [2.75, 3.05) is 46.8 Å². The topological polar surface area (TPSA) is 128 Å². The van der Waals surface area contributed by atoms with E-state index in [9.17, 15) is 24.0 Å². The van der Waals surface area contributed by atoms with Gasteiger partial charge >= 0.3 is 5.97 Å². The Labute approximate surface area is 185 Å². The number of carbonyl (C=O) groups excluding carboxylic acids is 5. The standard InChI is InChI=1S/C20H33N5O6/c1-20(2,14-13-23(3)11-12-24(14)4)19(30)22-9-7-15(26)21-10-8-18(29)31-25-16(27)5-6-17(25)28/h14H,5-13H2,1-4H3,(H,21,26)(H,22,30)/i3+1,4+1D2,8+1,10+1,18+1,21+1. The lowest BCUT2D eigenvalue weighted by atomic mass is 9.81. The van der Waals surface area contributed by atoms with Gasteiger partial charge < -0.3 is 20.4 Å². The molecule has 0 saturated carbocycles. The van der Waals surface area contributed by atoms with Crippen molar-refractivity contribution in [3.63, 3.8) is 0 Å². The van der Waals surface area contributed by atoms with E-state index in [0.29, 0.717) is 18.2 Å². The van der Waals surface area contributed by atoms with Crippen LogP contribution in [0.2, 0.25) is 0 Å². The third kappa shape index (κ3) is 6.73. The van der Waals surface area contributed by atoms with Crippen LogP contribution in [0.25, 0.3) is 0 Å². The Balaban J connectivity index is 1.71. The SMILES string of the molecule is [2H][13CH]([2H])N1CCN([13CH3])CC1C(C)(C)C(=O)NCCC(=O)[15NH][13CH2][13CH2][13C](=O)ON1C(=O)CCC1=O. The monoisotopic (exact) mass is 447 g/mol. The van der Waals surface area contributed by atoms with E-state index in [4.69, 9.17) is 7.58 Å². The van der Waals surface area contributed by atoms with Crippen molar-refractivity contribution in [2.45, 2.75) is 45.6 Å². The number of nitrogens with one attached hydrogen (secondary N) is 2. The fourth-order valence-electron chi connectivity index (χ4n) is 3.44. The first-order valence-electron chi connectivity index (χ1n) is 11.5. The number of carbonyl (C=O) groups is 5. The van der Waals surface area contributed by atoms with Gasteiger partial charge in [-0.3, -0.25) is 24.1 Å². The molecule has 2 rings (SSSR count). The molecule has 174 valence electrons. The highest BCUT2D eigenvalue weighted by Gasteiger charge is 2.41. The maximum Gasteiger partial charge on any atom is 0.334 e. The molecule has 0 radical (unpaired) electrons. The van der Waals surface area contributed by atoms with Crippen molar-refractivity contribution in [3.05, 3.63) is 0 Å². The summed E-state index contributed by atoms with van der Waals surface area (Å²) in [6, 6.07) is -0.314. The molecule has 2 fully saturated rings. The molecule has 11 heteroatoms. The van der Waals surface area contributed by atoms with Crippen LogP contribution >= 0.6 is 0 Å². The van der Waals surface area contributed by atoms with Crippen LogP contribution in [0.5, 0.6) is 0 Å². The van der Waals surface area contributed by atoms with E-state index < -0.39 is 30.2 Å². The van der Waals surface area contributed by atoms with Crippen molar-refractivity contribution >= 4 is 29.6 Å². The molecule has 2 saturated heterocycles. The number of nitrogens with zero attached hydrogens (tertiary/aromatic N) is 3. The van der Waals surface area contributed by atoms with Gasteiger partial charge in [0, 0.05) is 60.8 Å². The second-order valence-corrected chi connectivity index (χ2v) is 8.39. The smallest absolute Gasteiger partial charge is 0.334 e. The highest BCUT2D eigenvalue weighted by Crippen LogP contribution is 2.27. The molecule has 2 heterocycles. The lowest BCUT2D eigenvalue weighted by molar-refractivity contribution is -0.197. The van der Waals surface area contributed by atoms with E-state index in [1.165, 1.54) is 0 Å². The first-order valence-corrected chi connectivity index (χ1v) is 10.3. The maximum atomic E-state index is 12.8. The van der Waals surface area contributed by atoms with E-state index >= 15 is 0 Å². The van der Waals surface area contributed by atoms with Crippen LogP contribution in [0.3, 0.4) is 0 Å². The Morgan fingerprint density at radius 1 is 1.10 bits per heavy atom. The van der Waals surface area contributed by atoms with E-state index in [2.05, 4.69) is 15.5 Å². The molecular formula is C20H33N5O6. The summed E-state index contributed by atoms with van der Waals surface area (Å²) in [6.07, 6.45) is -0.205. The van der Waals surface area contributed by atoms with Crippen molar-refractivity contribution in [1.82, 2.24) is 25.5 Å². The predicted octanol–water partition coefficient (Wildman–Crippen LogP) is -1.12. The molecule has 2 aliphatic rings. The fraction of sp³-hybridized carbons (Fsp3) is 0.750. The molecule has 2 aliphatic heterocycles. The van der Waals surface area contributed by atoms with Crippen LogP contribution in [0.1, 0.15) is 42.3 Å². The maximum absolute atomic E-state index is 12.8. The minimum absolute atomic E-state index is 0.00619. The summed E-state index contributed by atoms with van der Waals surface area (Å²) in [6.45, 7) is 4.22. The minimum Gasteiger partial charge on any atom is -0.355 e. The Kier molecular flexibility index (Phi) is 7.47. The van der Waals surface area contributed by atoms with Gasteiger partial charge in [-0.25, -0.2) is 4.79 Å². The predicted molar refractivity (Wildman–Crippen MR) is 110 cm³/mol. The fourth-order valence-corrected chi connectivity index (χ4v) is 3.44. The molecule has 4 amide bonds. The van der Waals surface area contributed by atoms with E-state index in [1.807, 2.05) is 7.05 Å². The van der Waals surface area contributed by atoms with Gasteiger partial charge in [-0.15, -0.1) is 5.06 Å². The molecule has 2 N–H and O–H groups in total. The first-order chi connectivity index (χ1) is 15.4. The minimum atomic E-state index is -1.17. The Morgan fingerprint density at radius 3 is 2.39 bits per heavy atom. The zero-order valence-corrected chi connectivity index (χ0v) is 18.3. The number of hydroxylamine groups is 2. The Morgan fingerprint density at radius 2 is 1.74 bits per heavy atom. The van der Waals surface area contributed by atoms with Gasteiger partial charge in [0.05, 0.1) is 11.8 Å². The molecule has 0 bridgehead atoms. The van der Waals surface area contributed by atoms with Crippen LogP contribution in [-0.4, -0.2) is 97.3 Å². The third-order valence-corrected chi connectivity index (χ3v) is 5.53. The summed E-state index contributed by atoms with van der Waals surface area (Å²) >= 11 is 0. The molecule has 1 unspecified atom stereocenters. The number of likely N-dealkylation sites (N-methyl/N-ethyl adjacent to an activating group) is 2. The van der Waals surface area contributed by atoms with Crippen LogP contribution in [-0.2, 0) is 28.8 Å². The molecule has 0 aromatic carbocycles. The van der Waals surface area contributed by atoms with Crippen LogP contribution < -0.4 is 10.6 Å². The van der Waals surface area contributed by atoms with Crippen molar-refractivity contribution in [3.8, 4) is 0 Å². The van der Waals surface area contributed by atoms with Gasteiger partial charge in [0.2, 0.25) is 11.8 Å².